The van der Waals surface area contributed by atoms with Crippen LogP contribution in [0.4, 0.5) is 0 Å². The Balaban J connectivity index is 1.87. The molecule has 0 radical (unpaired) electrons. The molecule has 3 nitrogen and oxygen atoms in total. The molecule has 1 N–H and O–H groups in total. The Morgan fingerprint density at radius 1 is 1.04 bits per heavy atom. The lowest BCUT2D eigenvalue weighted by Gasteiger charge is -2.12. The summed E-state index contributed by atoms with van der Waals surface area (Å²) in [7, 11) is 1.64. The molecular weight excluding hydrogens is 333 g/mol. The second-order valence-electron chi connectivity index (χ2n) is 5.08. The van der Waals surface area contributed by atoms with E-state index in [1.54, 1.807) is 13.2 Å². The third-order valence-corrected chi connectivity index (χ3v) is 4.03. The standard InChI is InChI=1S/C18H21Cl2NO2/c1-3-23-18-10-13(4-7-17(18)22-2)12-21-9-8-14-5-6-15(19)11-16(14)20/h4-7,10-11,21H,3,8-9,12H2,1-2H3. The molecule has 0 saturated carbocycles. The molecule has 0 spiro atoms. The summed E-state index contributed by atoms with van der Waals surface area (Å²) in [4.78, 5) is 0. The van der Waals surface area contributed by atoms with Gasteiger partial charge in [0.1, 0.15) is 0 Å². The fourth-order valence-electron chi connectivity index (χ4n) is 2.28. The second-order valence-corrected chi connectivity index (χ2v) is 5.92. The first kappa shape index (κ1) is 17.9. The molecule has 2 aromatic carbocycles. The van der Waals surface area contributed by atoms with E-state index in [2.05, 4.69) is 5.32 Å². The number of halogens is 2. The molecule has 0 aliphatic rings. The maximum atomic E-state index is 6.17. The van der Waals surface area contributed by atoms with Crippen molar-refractivity contribution in [3.8, 4) is 11.5 Å². The minimum atomic E-state index is 0.613. The first-order valence-electron chi connectivity index (χ1n) is 7.58. The number of hydrogen-bond donors (Lipinski definition) is 1. The Kier molecular flexibility index (Phi) is 7.03. The van der Waals surface area contributed by atoms with Crippen molar-refractivity contribution in [3.05, 3.63) is 57.6 Å². The minimum absolute atomic E-state index is 0.613. The monoisotopic (exact) mass is 353 g/mol. The van der Waals surface area contributed by atoms with Gasteiger partial charge < -0.3 is 14.8 Å². The summed E-state index contributed by atoms with van der Waals surface area (Å²) in [6.07, 6.45) is 0.852. The van der Waals surface area contributed by atoms with Crippen molar-refractivity contribution in [2.45, 2.75) is 19.9 Å². The van der Waals surface area contributed by atoms with Gasteiger partial charge in [0.05, 0.1) is 13.7 Å². The maximum absolute atomic E-state index is 6.17. The highest BCUT2D eigenvalue weighted by Crippen LogP contribution is 2.28. The van der Waals surface area contributed by atoms with Crippen molar-refractivity contribution in [1.29, 1.82) is 0 Å². The van der Waals surface area contributed by atoms with Gasteiger partial charge in [-0.05, 0) is 55.3 Å². The van der Waals surface area contributed by atoms with Crippen molar-refractivity contribution < 1.29 is 9.47 Å². The highest BCUT2D eigenvalue weighted by molar-refractivity contribution is 6.35. The van der Waals surface area contributed by atoms with E-state index in [9.17, 15) is 0 Å². The number of methoxy groups -OCH3 is 1. The molecule has 0 aliphatic carbocycles. The number of rotatable bonds is 8. The first-order chi connectivity index (χ1) is 11.1. The number of benzene rings is 2. The zero-order valence-electron chi connectivity index (χ0n) is 13.4. The molecule has 5 heteroatoms. The van der Waals surface area contributed by atoms with Crippen molar-refractivity contribution in [1.82, 2.24) is 5.32 Å². The average molecular weight is 354 g/mol. The molecule has 0 fully saturated rings. The Morgan fingerprint density at radius 2 is 1.87 bits per heavy atom. The molecule has 0 bridgehead atoms. The van der Waals surface area contributed by atoms with Gasteiger partial charge in [0.15, 0.2) is 11.5 Å². The van der Waals surface area contributed by atoms with Crippen LogP contribution in [0.3, 0.4) is 0 Å². The zero-order valence-corrected chi connectivity index (χ0v) is 14.9. The zero-order chi connectivity index (χ0) is 16.7. The van der Waals surface area contributed by atoms with Crippen LogP contribution in [0.15, 0.2) is 36.4 Å². The van der Waals surface area contributed by atoms with Crippen LogP contribution in [-0.4, -0.2) is 20.3 Å². The van der Waals surface area contributed by atoms with Crippen LogP contribution in [0.5, 0.6) is 11.5 Å². The Hall–Kier alpha value is -1.42. The van der Waals surface area contributed by atoms with E-state index in [1.165, 1.54) is 0 Å². The van der Waals surface area contributed by atoms with E-state index in [1.807, 2.05) is 37.3 Å². The van der Waals surface area contributed by atoms with E-state index >= 15 is 0 Å². The summed E-state index contributed by atoms with van der Waals surface area (Å²) in [5.41, 5.74) is 2.24. The Bertz CT molecular complexity index is 647. The third kappa shape index (κ3) is 5.31. The fraction of sp³-hybridized carbons (Fsp3) is 0.333. The van der Waals surface area contributed by atoms with Gasteiger partial charge in [-0.1, -0.05) is 35.3 Å². The van der Waals surface area contributed by atoms with Crippen molar-refractivity contribution in [2.24, 2.45) is 0 Å². The Morgan fingerprint density at radius 3 is 2.57 bits per heavy atom. The van der Waals surface area contributed by atoms with Gasteiger partial charge in [0.2, 0.25) is 0 Å². The summed E-state index contributed by atoms with van der Waals surface area (Å²) >= 11 is 12.1. The molecule has 0 unspecified atom stereocenters. The predicted octanol–water partition coefficient (Wildman–Crippen LogP) is 4.73. The van der Waals surface area contributed by atoms with Crippen molar-refractivity contribution >= 4 is 23.2 Å². The van der Waals surface area contributed by atoms with E-state index in [0.717, 1.165) is 42.1 Å². The molecule has 2 aromatic rings. The van der Waals surface area contributed by atoms with Crippen molar-refractivity contribution in [2.75, 3.05) is 20.3 Å². The molecule has 0 amide bonds. The van der Waals surface area contributed by atoms with Gasteiger partial charge >= 0.3 is 0 Å². The largest absolute Gasteiger partial charge is 0.493 e. The maximum Gasteiger partial charge on any atom is 0.161 e. The molecule has 23 heavy (non-hydrogen) atoms. The van der Waals surface area contributed by atoms with Crippen LogP contribution in [0.25, 0.3) is 0 Å². The van der Waals surface area contributed by atoms with Gasteiger partial charge in [-0.25, -0.2) is 0 Å². The first-order valence-corrected chi connectivity index (χ1v) is 8.34. The SMILES string of the molecule is CCOc1cc(CNCCc2ccc(Cl)cc2Cl)ccc1OC. The number of hydrogen-bond acceptors (Lipinski definition) is 3. The summed E-state index contributed by atoms with van der Waals surface area (Å²) in [6, 6.07) is 11.6. The summed E-state index contributed by atoms with van der Waals surface area (Å²) in [5.74, 6) is 1.53. The van der Waals surface area contributed by atoms with E-state index in [4.69, 9.17) is 32.7 Å². The summed E-state index contributed by atoms with van der Waals surface area (Å²) in [5, 5.41) is 4.78. The van der Waals surface area contributed by atoms with Gasteiger partial charge in [-0.15, -0.1) is 0 Å². The summed E-state index contributed by atoms with van der Waals surface area (Å²) in [6.45, 7) is 4.16. The van der Waals surface area contributed by atoms with E-state index < -0.39 is 0 Å². The normalized spacial score (nSPS) is 10.6. The van der Waals surface area contributed by atoms with Crippen LogP contribution >= 0.6 is 23.2 Å². The predicted molar refractivity (Wildman–Crippen MR) is 96.0 cm³/mol. The third-order valence-electron chi connectivity index (χ3n) is 3.44. The molecule has 124 valence electrons. The smallest absolute Gasteiger partial charge is 0.161 e. The molecule has 0 atom stereocenters. The highest BCUT2D eigenvalue weighted by atomic mass is 35.5. The van der Waals surface area contributed by atoms with Gasteiger partial charge in [-0.2, -0.15) is 0 Å². The van der Waals surface area contributed by atoms with Crippen molar-refractivity contribution in [3.63, 3.8) is 0 Å². The lowest BCUT2D eigenvalue weighted by atomic mass is 10.1. The van der Waals surface area contributed by atoms with Crippen LogP contribution in [0.2, 0.25) is 10.0 Å². The van der Waals surface area contributed by atoms with Crippen LogP contribution < -0.4 is 14.8 Å². The van der Waals surface area contributed by atoms with E-state index in [-0.39, 0.29) is 0 Å². The average Bonchev–Trinajstić information content (AvgIpc) is 2.54. The minimum Gasteiger partial charge on any atom is -0.493 e. The molecule has 0 aliphatic heterocycles. The molecule has 0 aromatic heterocycles. The molecule has 2 rings (SSSR count). The highest BCUT2D eigenvalue weighted by Gasteiger charge is 2.05. The van der Waals surface area contributed by atoms with Crippen LogP contribution in [0.1, 0.15) is 18.1 Å². The molecular formula is C18H21Cl2NO2. The van der Waals surface area contributed by atoms with E-state index in [0.29, 0.717) is 16.7 Å². The van der Waals surface area contributed by atoms with Gasteiger partial charge in [-0.3, -0.25) is 0 Å². The lowest BCUT2D eigenvalue weighted by molar-refractivity contribution is 0.310. The van der Waals surface area contributed by atoms with Gasteiger partial charge in [0.25, 0.3) is 0 Å². The quantitative estimate of drug-likeness (QED) is 0.695. The molecule has 0 saturated heterocycles. The molecule has 0 heterocycles. The number of ether oxygens (including phenoxy) is 2. The van der Waals surface area contributed by atoms with Gasteiger partial charge in [0, 0.05) is 16.6 Å². The van der Waals surface area contributed by atoms with Crippen LogP contribution in [0, 0.1) is 0 Å². The summed E-state index contributed by atoms with van der Waals surface area (Å²) < 4.78 is 10.9. The Labute approximate surface area is 147 Å². The topological polar surface area (TPSA) is 30.5 Å². The van der Waals surface area contributed by atoms with Crippen LogP contribution in [-0.2, 0) is 13.0 Å². The lowest BCUT2D eigenvalue weighted by Crippen LogP contribution is -2.17. The second kappa shape index (κ2) is 9.02. The number of nitrogens with one attached hydrogen (secondary N) is 1. The fourth-order valence-corrected chi connectivity index (χ4v) is 2.78.